The minimum absolute atomic E-state index is 0.222. The van der Waals surface area contributed by atoms with Crippen LogP contribution in [-0.2, 0) is 4.79 Å². The van der Waals surface area contributed by atoms with E-state index in [2.05, 4.69) is 17.2 Å². The number of nitrogens with one attached hydrogen (secondary N) is 1. The van der Waals surface area contributed by atoms with Gasteiger partial charge in [0.05, 0.1) is 13.7 Å². The van der Waals surface area contributed by atoms with Gasteiger partial charge in [0.15, 0.2) is 6.04 Å². The van der Waals surface area contributed by atoms with E-state index in [1.54, 1.807) is 13.3 Å². The highest BCUT2D eigenvalue weighted by molar-refractivity contribution is 5.87. The van der Waals surface area contributed by atoms with Crippen LogP contribution in [0.3, 0.4) is 0 Å². The lowest BCUT2D eigenvalue weighted by molar-refractivity contribution is -0.123. The molecule has 1 aromatic rings. The first-order chi connectivity index (χ1) is 14.7. The third-order valence-corrected chi connectivity index (χ3v) is 5.30. The van der Waals surface area contributed by atoms with Crippen LogP contribution in [0, 0.1) is 0 Å². The summed E-state index contributed by atoms with van der Waals surface area (Å²) >= 11 is 0. The number of carbonyl (C=O) groups is 1. The highest BCUT2D eigenvalue weighted by atomic mass is 16.5. The van der Waals surface area contributed by atoms with Gasteiger partial charge in [-0.3, -0.25) is 9.79 Å². The Morgan fingerprint density at radius 3 is 2.20 bits per heavy atom. The third-order valence-electron chi connectivity index (χ3n) is 5.30. The highest BCUT2D eigenvalue weighted by Crippen LogP contribution is 2.12. The predicted octanol–water partition coefficient (Wildman–Crippen LogP) is 5.29. The molecule has 1 amide bonds. The third kappa shape index (κ3) is 12.6. The van der Waals surface area contributed by atoms with Gasteiger partial charge >= 0.3 is 0 Å². The number of aliphatic imine (C=N–C) groups is 1. The molecule has 0 fully saturated rings. The Labute approximate surface area is 183 Å². The van der Waals surface area contributed by atoms with Gasteiger partial charge in [0.25, 0.3) is 0 Å². The van der Waals surface area contributed by atoms with E-state index in [9.17, 15) is 9.90 Å². The first-order valence-corrected chi connectivity index (χ1v) is 11.8. The molecular weight excluding hydrogens is 376 g/mol. The van der Waals surface area contributed by atoms with Crippen molar-refractivity contribution in [1.29, 1.82) is 0 Å². The van der Waals surface area contributed by atoms with Crippen LogP contribution in [0.15, 0.2) is 29.3 Å². The zero-order valence-corrected chi connectivity index (χ0v) is 19.1. The molecule has 0 radical (unpaired) electrons. The van der Waals surface area contributed by atoms with E-state index in [4.69, 9.17) is 4.74 Å². The van der Waals surface area contributed by atoms with Crippen LogP contribution in [0.5, 0.6) is 5.75 Å². The molecule has 1 aromatic carbocycles. The topological polar surface area (TPSA) is 70.9 Å². The van der Waals surface area contributed by atoms with Gasteiger partial charge in [-0.15, -0.1) is 0 Å². The molecule has 0 saturated carbocycles. The molecule has 0 heterocycles. The Kier molecular flexibility index (Phi) is 15.6. The van der Waals surface area contributed by atoms with E-state index >= 15 is 0 Å². The van der Waals surface area contributed by atoms with Crippen molar-refractivity contribution in [3.05, 3.63) is 29.8 Å². The van der Waals surface area contributed by atoms with Crippen LogP contribution in [0.1, 0.15) is 89.5 Å². The standard InChI is InChI=1S/C25H42N2O3/c1-3-4-5-6-7-8-9-10-11-12-13-14-18-26-25(29)24(21-28)27-20-22-16-15-17-23(19-22)30-2/h15-17,19-20,24,28H,3-14,18,21H2,1-2H3,(H,26,29)/t24-/m0/s1. The zero-order chi connectivity index (χ0) is 21.9. The number of unbranched alkanes of at least 4 members (excludes halogenated alkanes) is 11. The maximum atomic E-state index is 12.2. The van der Waals surface area contributed by atoms with Gasteiger partial charge in [-0.1, -0.05) is 89.7 Å². The normalized spacial score (nSPS) is 12.2. The van der Waals surface area contributed by atoms with Gasteiger partial charge in [-0.05, 0) is 24.1 Å². The molecule has 30 heavy (non-hydrogen) atoms. The molecule has 0 spiro atoms. The van der Waals surface area contributed by atoms with E-state index < -0.39 is 6.04 Å². The molecule has 5 heteroatoms. The molecule has 0 unspecified atom stereocenters. The fourth-order valence-corrected chi connectivity index (χ4v) is 3.39. The van der Waals surface area contributed by atoms with Gasteiger partial charge in [-0.2, -0.15) is 0 Å². The number of amides is 1. The van der Waals surface area contributed by atoms with Gasteiger partial charge in [0.1, 0.15) is 5.75 Å². The van der Waals surface area contributed by atoms with Gasteiger partial charge < -0.3 is 15.2 Å². The first kappa shape index (κ1) is 26.2. The number of nitrogens with zero attached hydrogens (tertiary/aromatic N) is 1. The van der Waals surface area contributed by atoms with Crippen LogP contribution in [0.4, 0.5) is 0 Å². The van der Waals surface area contributed by atoms with E-state index in [1.807, 2.05) is 24.3 Å². The lowest BCUT2D eigenvalue weighted by atomic mass is 10.1. The Hall–Kier alpha value is -1.88. The summed E-state index contributed by atoms with van der Waals surface area (Å²) in [6, 6.07) is 6.66. The summed E-state index contributed by atoms with van der Waals surface area (Å²) in [5, 5.41) is 12.4. The molecule has 0 bridgehead atoms. The van der Waals surface area contributed by atoms with Crippen molar-refractivity contribution in [3.63, 3.8) is 0 Å². The molecule has 0 aliphatic rings. The van der Waals surface area contributed by atoms with Crippen molar-refractivity contribution in [1.82, 2.24) is 5.32 Å². The van der Waals surface area contributed by atoms with E-state index in [0.29, 0.717) is 6.54 Å². The van der Waals surface area contributed by atoms with E-state index in [0.717, 1.165) is 24.2 Å². The lowest BCUT2D eigenvalue weighted by Gasteiger charge is -2.10. The van der Waals surface area contributed by atoms with Gasteiger partial charge in [-0.25, -0.2) is 0 Å². The number of rotatable bonds is 18. The molecule has 170 valence electrons. The van der Waals surface area contributed by atoms with E-state index in [1.165, 1.54) is 64.2 Å². The Morgan fingerprint density at radius 1 is 1.03 bits per heavy atom. The van der Waals surface area contributed by atoms with E-state index in [-0.39, 0.29) is 12.5 Å². The second kappa shape index (κ2) is 17.9. The van der Waals surface area contributed by atoms with Crippen molar-refractivity contribution >= 4 is 12.1 Å². The Morgan fingerprint density at radius 2 is 1.63 bits per heavy atom. The number of methoxy groups -OCH3 is 1. The number of hydrogen-bond acceptors (Lipinski definition) is 4. The van der Waals surface area contributed by atoms with Crippen LogP contribution in [0.2, 0.25) is 0 Å². The average molecular weight is 419 g/mol. The van der Waals surface area contributed by atoms with Crippen molar-refractivity contribution in [2.45, 2.75) is 90.0 Å². The summed E-state index contributed by atoms with van der Waals surface area (Å²) in [5.74, 6) is 0.510. The Bertz CT molecular complexity index is 590. The number of hydrogen-bond donors (Lipinski definition) is 2. The van der Waals surface area contributed by atoms with Crippen LogP contribution < -0.4 is 10.1 Å². The molecule has 2 N–H and O–H groups in total. The lowest BCUT2D eigenvalue weighted by Crippen LogP contribution is -2.36. The second-order valence-electron chi connectivity index (χ2n) is 7.93. The molecule has 0 aromatic heterocycles. The molecule has 0 aliphatic carbocycles. The number of aliphatic hydroxyl groups is 1. The summed E-state index contributed by atoms with van der Waals surface area (Å²) in [6.07, 6.45) is 17.1. The van der Waals surface area contributed by atoms with Crippen LogP contribution >= 0.6 is 0 Å². The minimum atomic E-state index is -0.770. The fourth-order valence-electron chi connectivity index (χ4n) is 3.39. The number of benzene rings is 1. The van der Waals surface area contributed by atoms with Gasteiger partial charge in [0, 0.05) is 12.8 Å². The molecule has 1 rings (SSSR count). The van der Waals surface area contributed by atoms with Crippen molar-refractivity contribution in [2.24, 2.45) is 4.99 Å². The van der Waals surface area contributed by atoms with Crippen molar-refractivity contribution in [2.75, 3.05) is 20.3 Å². The SMILES string of the molecule is CCCCCCCCCCCCCCNC(=O)[C@H](CO)N=Cc1cccc(OC)c1. The first-order valence-electron chi connectivity index (χ1n) is 11.8. The monoisotopic (exact) mass is 418 g/mol. The Balaban J connectivity index is 2.08. The van der Waals surface area contributed by atoms with Crippen molar-refractivity contribution in [3.8, 4) is 5.75 Å². The highest BCUT2D eigenvalue weighted by Gasteiger charge is 2.14. The summed E-state index contributed by atoms with van der Waals surface area (Å²) in [7, 11) is 1.61. The number of carbonyl (C=O) groups excluding carboxylic acids is 1. The zero-order valence-electron chi connectivity index (χ0n) is 19.1. The smallest absolute Gasteiger partial charge is 0.247 e. The fraction of sp³-hybridized carbons (Fsp3) is 0.680. The average Bonchev–Trinajstić information content (AvgIpc) is 2.77. The largest absolute Gasteiger partial charge is 0.497 e. The molecule has 0 saturated heterocycles. The predicted molar refractivity (Wildman–Crippen MR) is 126 cm³/mol. The second-order valence-corrected chi connectivity index (χ2v) is 7.93. The maximum Gasteiger partial charge on any atom is 0.247 e. The summed E-state index contributed by atoms with van der Waals surface area (Å²) in [6.45, 7) is 2.60. The van der Waals surface area contributed by atoms with Crippen LogP contribution in [0.25, 0.3) is 0 Å². The van der Waals surface area contributed by atoms with Gasteiger partial charge in [0.2, 0.25) is 5.91 Å². The number of aliphatic hydroxyl groups excluding tert-OH is 1. The summed E-state index contributed by atoms with van der Waals surface area (Å²) < 4.78 is 5.18. The quantitative estimate of drug-likeness (QED) is 0.251. The molecule has 5 nitrogen and oxygen atoms in total. The number of ether oxygens (including phenoxy) is 1. The summed E-state index contributed by atoms with van der Waals surface area (Å²) in [4.78, 5) is 16.4. The van der Waals surface area contributed by atoms with Crippen molar-refractivity contribution < 1.29 is 14.6 Å². The van der Waals surface area contributed by atoms with Crippen LogP contribution in [-0.4, -0.2) is 43.5 Å². The molecular formula is C25H42N2O3. The summed E-state index contributed by atoms with van der Waals surface area (Å²) in [5.41, 5.74) is 0.835. The molecule has 1 atom stereocenters. The maximum absolute atomic E-state index is 12.2. The minimum Gasteiger partial charge on any atom is -0.497 e. The molecule has 0 aliphatic heterocycles.